The second-order valence-corrected chi connectivity index (χ2v) is 3.99. The Morgan fingerprint density at radius 2 is 2.05 bits per heavy atom. The van der Waals surface area contributed by atoms with Gasteiger partial charge in [-0.05, 0) is 12.1 Å². The first-order valence-electron chi connectivity index (χ1n) is 5.69. The summed E-state index contributed by atoms with van der Waals surface area (Å²) in [5, 5.41) is 3.79. The molecule has 1 amide bonds. The van der Waals surface area contributed by atoms with E-state index in [2.05, 4.69) is 20.3 Å². The van der Waals surface area contributed by atoms with Gasteiger partial charge in [0, 0.05) is 24.0 Å². The second-order valence-electron chi connectivity index (χ2n) is 3.99. The number of H-pyrrole nitrogens is 1. The number of nitrogen functional groups attached to an aromatic ring is 1. The van der Waals surface area contributed by atoms with Crippen molar-refractivity contribution in [3.8, 4) is 0 Å². The van der Waals surface area contributed by atoms with Gasteiger partial charge >= 0.3 is 0 Å². The van der Waals surface area contributed by atoms with Gasteiger partial charge in [0.25, 0.3) is 5.91 Å². The molecule has 94 valence electrons. The molecule has 0 aliphatic heterocycles. The van der Waals surface area contributed by atoms with Gasteiger partial charge in [-0.25, -0.2) is 9.97 Å². The van der Waals surface area contributed by atoms with Gasteiger partial charge in [0.15, 0.2) is 11.5 Å². The summed E-state index contributed by atoms with van der Waals surface area (Å²) in [6, 6.07) is 7.56. The van der Waals surface area contributed by atoms with Crippen LogP contribution >= 0.6 is 0 Å². The fourth-order valence-electron chi connectivity index (χ4n) is 1.89. The highest BCUT2D eigenvalue weighted by Gasteiger charge is 2.13. The number of hydrogen-bond acceptors (Lipinski definition) is 4. The lowest BCUT2D eigenvalue weighted by atomic mass is 10.2. The normalized spacial score (nSPS) is 10.5. The maximum Gasteiger partial charge on any atom is 0.278 e. The Labute approximate surface area is 108 Å². The number of nitrogens with two attached hydrogens (primary N) is 1. The first kappa shape index (κ1) is 11.2. The number of fused-ring (bicyclic) bond motifs is 1. The molecule has 0 fully saturated rings. The Bertz CT molecular complexity index is 749. The highest BCUT2D eigenvalue weighted by molar-refractivity contribution is 6.09. The van der Waals surface area contributed by atoms with Gasteiger partial charge in [-0.2, -0.15) is 0 Å². The Morgan fingerprint density at radius 1 is 1.21 bits per heavy atom. The van der Waals surface area contributed by atoms with Crippen molar-refractivity contribution >= 4 is 28.3 Å². The molecular weight excluding hydrogens is 242 g/mol. The molecule has 0 unspecified atom stereocenters. The largest absolute Gasteiger partial charge is 0.382 e. The topological polar surface area (TPSA) is 96.7 Å². The van der Waals surface area contributed by atoms with Crippen molar-refractivity contribution in [1.82, 2.24) is 15.0 Å². The van der Waals surface area contributed by atoms with Crippen LogP contribution in [0.2, 0.25) is 0 Å². The van der Waals surface area contributed by atoms with E-state index >= 15 is 0 Å². The fourth-order valence-corrected chi connectivity index (χ4v) is 1.89. The molecule has 0 aliphatic carbocycles. The maximum atomic E-state index is 12.1. The number of amides is 1. The van der Waals surface area contributed by atoms with Crippen LogP contribution < -0.4 is 11.1 Å². The van der Waals surface area contributed by atoms with Crippen LogP contribution in [-0.2, 0) is 0 Å². The minimum Gasteiger partial charge on any atom is -0.382 e. The average Bonchev–Trinajstić information content (AvgIpc) is 2.88. The molecule has 0 radical (unpaired) electrons. The van der Waals surface area contributed by atoms with Crippen molar-refractivity contribution in [2.45, 2.75) is 0 Å². The molecule has 3 rings (SSSR count). The summed E-state index contributed by atoms with van der Waals surface area (Å²) in [5.74, 6) is -0.272. The molecule has 0 saturated carbocycles. The third kappa shape index (κ3) is 1.99. The molecule has 0 atom stereocenters. The predicted molar refractivity (Wildman–Crippen MR) is 72.7 cm³/mol. The van der Waals surface area contributed by atoms with Gasteiger partial charge in [0.05, 0.1) is 11.2 Å². The summed E-state index contributed by atoms with van der Waals surface area (Å²) >= 11 is 0. The fraction of sp³-hybridized carbons (Fsp3) is 0. The first-order valence-corrected chi connectivity index (χ1v) is 5.69. The number of aromatic nitrogens is 3. The number of benzene rings is 1. The molecule has 0 aliphatic rings. The standard InChI is InChI=1S/C13H11N5O/c14-12-11(16-6-7-17-12)13(19)18-9-3-1-2-8-4-5-15-10(8)9/h1-7,15H,(H2,14,17)(H,18,19). The van der Waals surface area contributed by atoms with E-state index < -0.39 is 0 Å². The SMILES string of the molecule is Nc1nccnc1C(=O)Nc1cccc2cc[nH]c12. The van der Waals surface area contributed by atoms with E-state index in [0.29, 0.717) is 5.69 Å². The van der Waals surface area contributed by atoms with Crippen LogP contribution in [0.1, 0.15) is 10.5 Å². The molecule has 2 heterocycles. The molecule has 0 bridgehead atoms. The maximum absolute atomic E-state index is 12.1. The Kier molecular flexibility index (Phi) is 2.60. The number of carbonyl (C=O) groups excluding carboxylic acids is 1. The zero-order valence-corrected chi connectivity index (χ0v) is 9.92. The first-order chi connectivity index (χ1) is 9.25. The van der Waals surface area contributed by atoms with Crippen LogP contribution in [0, 0.1) is 0 Å². The van der Waals surface area contributed by atoms with Crippen molar-refractivity contribution in [3.05, 3.63) is 48.5 Å². The molecule has 0 saturated heterocycles. The summed E-state index contributed by atoms with van der Waals surface area (Å²) in [6.45, 7) is 0. The molecule has 3 aromatic rings. The van der Waals surface area contributed by atoms with Crippen LogP contribution in [0.5, 0.6) is 0 Å². The number of hydrogen-bond donors (Lipinski definition) is 3. The molecule has 19 heavy (non-hydrogen) atoms. The van der Waals surface area contributed by atoms with E-state index in [1.165, 1.54) is 12.4 Å². The third-order valence-electron chi connectivity index (χ3n) is 2.78. The lowest BCUT2D eigenvalue weighted by Crippen LogP contribution is -2.16. The third-order valence-corrected chi connectivity index (χ3v) is 2.78. The molecule has 1 aromatic carbocycles. The second kappa shape index (κ2) is 4.41. The Morgan fingerprint density at radius 3 is 2.89 bits per heavy atom. The van der Waals surface area contributed by atoms with E-state index in [9.17, 15) is 4.79 Å². The van der Waals surface area contributed by atoms with E-state index in [1.54, 1.807) is 0 Å². The summed E-state index contributed by atoms with van der Waals surface area (Å²) in [4.78, 5) is 22.9. The molecule has 4 N–H and O–H groups in total. The van der Waals surface area contributed by atoms with Gasteiger partial charge in [0.1, 0.15) is 0 Å². The molecule has 6 nitrogen and oxygen atoms in total. The quantitative estimate of drug-likeness (QED) is 0.648. The summed E-state index contributed by atoms with van der Waals surface area (Å²) in [7, 11) is 0. The summed E-state index contributed by atoms with van der Waals surface area (Å²) in [5.41, 5.74) is 7.28. The lowest BCUT2D eigenvalue weighted by Gasteiger charge is -2.07. The van der Waals surface area contributed by atoms with Crippen LogP contribution in [0.4, 0.5) is 11.5 Å². The van der Waals surface area contributed by atoms with Gasteiger partial charge in [-0.3, -0.25) is 4.79 Å². The molecule has 0 spiro atoms. The summed E-state index contributed by atoms with van der Waals surface area (Å²) in [6.07, 6.45) is 4.69. The number of para-hydroxylation sites is 1. The number of nitrogens with zero attached hydrogens (tertiary/aromatic N) is 2. The lowest BCUT2D eigenvalue weighted by molar-refractivity contribution is 0.102. The average molecular weight is 253 g/mol. The minimum atomic E-state index is -0.382. The van der Waals surface area contributed by atoms with Crippen molar-refractivity contribution in [3.63, 3.8) is 0 Å². The zero-order chi connectivity index (χ0) is 13.2. The van der Waals surface area contributed by atoms with Crippen LogP contribution in [0.15, 0.2) is 42.9 Å². The van der Waals surface area contributed by atoms with Gasteiger partial charge in [-0.1, -0.05) is 12.1 Å². The Balaban J connectivity index is 1.95. The highest BCUT2D eigenvalue weighted by atomic mass is 16.1. The zero-order valence-electron chi connectivity index (χ0n) is 9.92. The van der Waals surface area contributed by atoms with Crippen LogP contribution in [-0.4, -0.2) is 20.9 Å². The van der Waals surface area contributed by atoms with Crippen molar-refractivity contribution in [2.75, 3.05) is 11.1 Å². The molecular formula is C13H11N5O. The van der Waals surface area contributed by atoms with E-state index in [4.69, 9.17) is 5.73 Å². The van der Waals surface area contributed by atoms with E-state index in [0.717, 1.165) is 10.9 Å². The van der Waals surface area contributed by atoms with Crippen molar-refractivity contribution in [1.29, 1.82) is 0 Å². The minimum absolute atomic E-state index is 0.110. The number of nitrogens with one attached hydrogen (secondary N) is 2. The number of anilines is 2. The highest BCUT2D eigenvalue weighted by Crippen LogP contribution is 2.22. The van der Waals surface area contributed by atoms with Crippen LogP contribution in [0.3, 0.4) is 0 Å². The van der Waals surface area contributed by atoms with E-state index in [-0.39, 0.29) is 17.4 Å². The number of carbonyl (C=O) groups is 1. The Hall–Kier alpha value is -2.89. The summed E-state index contributed by atoms with van der Waals surface area (Å²) < 4.78 is 0. The number of rotatable bonds is 2. The predicted octanol–water partition coefficient (Wildman–Crippen LogP) is 1.79. The molecule has 2 aromatic heterocycles. The monoisotopic (exact) mass is 253 g/mol. The van der Waals surface area contributed by atoms with Gasteiger partial charge < -0.3 is 16.0 Å². The van der Waals surface area contributed by atoms with E-state index in [1.807, 2.05) is 30.5 Å². The van der Waals surface area contributed by atoms with Crippen molar-refractivity contribution in [2.24, 2.45) is 0 Å². The smallest absolute Gasteiger partial charge is 0.278 e. The van der Waals surface area contributed by atoms with Crippen molar-refractivity contribution < 1.29 is 4.79 Å². The van der Waals surface area contributed by atoms with Gasteiger partial charge in [-0.15, -0.1) is 0 Å². The molecule has 6 heteroatoms. The van der Waals surface area contributed by atoms with Gasteiger partial charge in [0.2, 0.25) is 0 Å². The van der Waals surface area contributed by atoms with Crippen LogP contribution in [0.25, 0.3) is 10.9 Å². The number of aromatic amines is 1.